The smallest absolute Gasteiger partial charge is 0.0438 e. The summed E-state index contributed by atoms with van der Waals surface area (Å²) < 4.78 is 0. The molecule has 0 aliphatic heterocycles. The van der Waals surface area contributed by atoms with Gasteiger partial charge in [0.1, 0.15) is 0 Å². The van der Waals surface area contributed by atoms with Gasteiger partial charge in [0.25, 0.3) is 0 Å². The lowest BCUT2D eigenvalue weighted by Crippen LogP contribution is -2.04. The van der Waals surface area contributed by atoms with E-state index in [1.165, 1.54) is 11.1 Å². The van der Waals surface area contributed by atoms with Crippen LogP contribution in [0.1, 0.15) is 17.0 Å². The maximum Gasteiger partial charge on any atom is 0.0438 e. The zero-order valence-electron chi connectivity index (χ0n) is 9.44. The van der Waals surface area contributed by atoms with Crippen molar-refractivity contribution in [3.8, 4) is 0 Å². The Kier molecular flexibility index (Phi) is 4.64. The molecule has 0 saturated heterocycles. The van der Waals surface area contributed by atoms with Gasteiger partial charge in [-0.3, -0.25) is 0 Å². The van der Waals surface area contributed by atoms with Gasteiger partial charge < -0.3 is 0 Å². The predicted octanol–water partition coefficient (Wildman–Crippen LogP) is 5.06. The molecule has 0 bridgehead atoms. The SMILES string of the molecule is Clc1ccccc1CC(CBr)c1ccccc1. The summed E-state index contributed by atoms with van der Waals surface area (Å²) in [6.07, 6.45) is 0.967. The fourth-order valence-electron chi connectivity index (χ4n) is 1.92. The summed E-state index contributed by atoms with van der Waals surface area (Å²) in [7, 11) is 0. The molecule has 0 aromatic heterocycles. The monoisotopic (exact) mass is 308 g/mol. The number of alkyl halides is 1. The number of hydrogen-bond acceptors (Lipinski definition) is 0. The highest BCUT2D eigenvalue weighted by molar-refractivity contribution is 9.09. The van der Waals surface area contributed by atoms with E-state index in [1.807, 2.05) is 24.3 Å². The van der Waals surface area contributed by atoms with Gasteiger partial charge in [0, 0.05) is 10.4 Å². The molecule has 2 heteroatoms. The molecule has 0 aliphatic carbocycles. The van der Waals surface area contributed by atoms with Crippen LogP contribution in [0.2, 0.25) is 5.02 Å². The summed E-state index contributed by atoms with van der Waals surface area (Å²) in [6.45, 7) is 0. The number of rotatable bonds is 4. The fourth-order valence-corrected chi connectivity index (χ4v) is 2.73. The highest BCUT2D eigenvalue weighted by Gasteiger charge is 2.12. The third-order valence-electron chi connectivity index (χ3n) is 2.88. The lowest BCUT2D eigenvalue weighted by Gasteiger charge is -2.15. The van der Waals surface area contributed by atoms with Gasteiger partial charge in [-0.05, 0) is 29.5 Å². The topological polar surface area (TPSA) is 0 Å². The van der Waals surface area contributed by atoms with Gasteiger partial charge in [-0.2, -0.15) is 0 Å². The van der Waals surface area contributed by atoms with Crippen LogP contribution in [0.3, 0.4) is 0 Å². The van der Waals surface area contributed by atoms with Crippen LogP contribution < -0.4 is 0 Å². The quantitative estimate of drug-likeness (QED) is 0.692. The first-order valence-electron chi connectivity index (χ1n) is 5.65. The van der Waals surface area contributed by atoms with Crippen LogP contribution in [0, 0.1) is 0 Å². The van der Waals surface area contributed by atoms with Gasteiger partial charge in [0.2, 0.25) is 0 Å². The lowest BCUT2D eigenvalue weighted by atomic mass is 9.94. The molecule has 1 unspecified atom stereocenters. The molecule has 0 N–H and O–H groups in total. The number of benzene rings is 2. The molecule has 0 fully saturated rings. The summed E-state index contributed by atoms with van der Waals surface area (Å²) in [5.41, 5.74) is 2.56. The van der Waals surface area contributed by atoms with Crippen molar-refractivity contribution in [2.75, 3.05) is 5.33 Å². The average molecular weight is 310 g/mol. The van der Waals surface area contributed by atoms with E-state index in [9.17, 15) is 0 Å². The highest BCUT2D eigenvalue weighted by atomic mass is 79.9. The second-order valence-electron chi connectivity index (χ2n) is 4.06. The zero-order chi connectivity index (χ0) is 12.1. The van der Waals surface area contributed by atoms with E-state index in [4.69, 9.17) is 11.6 Å². The normalized spacial score (nSPS) is 12.4. The van der Waals surface area contributed by atoms with Crippen LogP contribution >= 0.6 is 27.5 Å². The molecule has 17 heavy (non-hydrogen) atoms. The molecule has 0 spiro atoms. The van der Waals surface area contributed by atoms with E-state index < -0.39 is 0 Å². The van der Waals surface area contributed by atoms with E-state index in [0.29, 0.717) is 5.92 Å². The molecule has 0 heterocycles. The first-order chi connectivity index (χ1) is 8.31. The molecule has 2 rings (SSSR count). The Morgan fingerprint density at radius 3 is 2.24 bits per heavy atom. The maximum atomic E-state index is 6.20. The van der Waals surface area contributed by atoms with Crippen molar-refractivity contribution < 1.29 is 0 Å². The predicted molar refractivity (Wildman–Crippen MR) is 78.1 cm³/mol. The van der Waals surface area contributed by atoms with Crippen molar-refractivity contribution in [2.24, 2.45) is 0 Å². The molecule has 88 valence electrons. The minimum absolute atomic E-state index is 0.469. The van der Waals surface area contributed by atoms with E-state index >= 15 is 0 Å². The van der Waals surface area contributed by atoms with Crippen LogP contribution in [-0.4, -0.2) is 5.33 Å². The van der Waals surface area contributed by atoms with Crippen molar-refractivity contribution in [1.82, 2.24) is 0 Å². The van der Waals surface area contributed by atoms with Crippen LogP contribution in [0.4, 0.5) is 0 Å². The molecular weight excluding hydrogens is 296 g/mol. The van der Waals surface area contributed by atoms with Crippen LogP contribution in [0.5, 0.6) is 0 Å². The van der Waals surface area contributed by atoms with Crippen molar-refractivity contribution in [3.63, 3.8) is 0 Å². The summed E-state index contributed by atoms with van der Waals surface area (Å²) in [5, 5.41) is 1.80. The van der Waals surface area contributed by atoms with Gasteiger partial charge in [0.05, 0.1) is 0 Å². The molecule has 0 aliphatic rings. The molecule has 2 aromatic rings. The standard InChI is InChI=1S/C15H14BrCl/c16-11-14(12-6-2-1-3-7-12)10-13-8-4-5-9-15(13)17/h1-9,14H,10-11H2. The lowest BCUT2D eigenvalue weighted by molar-refractivity contribution is 0.776. The third kappa shape index (κ3) is 3.34. The second-order valence-corrected chi connectivity index (χ2v) is 5.11. The maximum absolute atomic E-state index is 6.20. The Balaban J connectivity index is 2.19. The second kappa shape index (κ2) is 6.23. The van der Waals surface area contributed by atoms with Crippen molar-refractivity contribution >= 4 is 27.5 Å². The Labute approximate surface area is 116 Å². The van der Waals surface area contributed by atoms with E-state index in [2.05, 4.69) is 46.3 Å². The highest BCUT2D eigenvalue weighted by Crippen LogP contribution is 2.26. The first kappa shape index (κ1) is 12.7. The largest absolute Gasteiger partial charge is 0.0921 e. The molecule has 1 atom stereocenters. The summed E-state index contributed by atoms with van der Waals surface area (Å²) >= 11 is 9.79. The van der Waals surface area contributed by atoms with Crippen molar-refractivity contribution in [2.45, 2.75) is 12.3 Å². The molecule has 2 aromatic carbocycles. The van der Waals surface area contributed by atoms with Crippen molar-refractivity contribution in [1.29, 1.82) is 0 Å². The number of halogens is 2. The molecule has 0 radical (unpaired) electrons. The minimum Gasteiger partial charge on any atom is -0.0921 e. The molecular formula is C15H14BrCl. The van der Waals surface area contributed by atoms with E-state index in [1.54, 1.807) is 0 Å². The Hall–Kier alpha value is -0.790. The van der Waals surface area contributed by atoms with Crippen LogP contribution in [-0.2, 0) is 6.42 Å². The zero-order valence-corrected chi connectivity index (χ0v) is 11.8. The summed E-state index contributed by atoms with van der Waals surface area (Å²) in [4.78, 5) is 0. The van der Waals surface area contributed by atoms with E-state index in [0.717, 1.165) is 16.8 Å². The first-order valence-corrected chi connectivity index (χ1v) is 7.15. The molecule has 0 saturated carbocycles. The molecule has 0 amide bonds. The molecule has 0 nitrogen and oxygen atoms in total. The number of hydrogen-bond donors (Lipinski definition) is 0. The van der Waals surface area contributed by atoms with E-state index in [-0.39, 0.29) is 0 Å². The van der Waals surface area contributed by atoms with Gasteiger partial charge in [0.15, 0.2) is 0 Å². The summed E-state index contributed by atoms with van der Waals surface area (Å²) in [6, 6.07) is 18.6. The fraction of sp³-hybridized carbons (Fsp3) is 0.200. The van der Waals surface area contributed by atoms with Crippen LogP contribution in [0.15, 0.2) is 54.6 Å². The summed E-state index contributed by atoms with van der Waals surface area (Å²) in [5.74, 6) is 0.469. The van der Waals surface area contributed by atoms with Gasteiger partial charge in [-0.1, -0.05) is 76.1 Å². The van der Waals surface area contributed by atoms with Gasteiger partial charge >= 0.3 is 0 Å². The third-order valence-corrected chi connectivity index (χ3v) is 4.03. The Morgan fingerprint density at radius 2 is 1.59 bits per heavy atom. The minimum atomic E-state index is 0.469. The van der Waals surface area contributed by atoms with Crippen molar-refractivity contribution in [3.05, 3.63) is 70.7 Å². The van der Waals surface area contributed by atoms with Gasteiger partial charge in [-0.25, -0.2) is 0 Å². The van der Waals surface area contributed by atoms with Crippen LogP contribution in [0.25, 0.3) is 0 Å². The Bertz CT molecular complexity index is 467. The van der Waals surface area contributed by atoms with Gasteiger partial charge in [-0.15, -0.1) is 0 Å². The average Bonchev–Trinajstić information content (AvgIpc) is 2.39. The Morgan fingerprint density at radius 1 is 0.941 bits per heavy atom.